The Kier molecular flexibility index (Phi) is 10.5. The molecule has 4 amide bonds. The molecule has 0 bridgehead atoms. The van der Waals surface area contributed by atoms with Gasteiger partial charge in [-0.2, -0.15) is 0 Å². The van der Waals surface area contributed by atoms with E-state index in [0.717, 1.165) is 5.56 Å². The summed E-state index contributed by atoms with van der Waals surface area (Å²) in [4.78, 5) is 52.1. The van der Waals surface area contributed by atoms with Crippen LogP contribution in [0, 0.1) is 11.7 Å². The second-order valence-electron chi connectivity index (χ2n) is 11.2. The van der Waals surface area contributed by atoms with Gasteiger partial charge in [-0.3, -0.25) is 19.2 Å². The quantitative estimate of drug-likeness (QED) is 0.427. The summed E-state index contributed by atoms with van der Waals surface area (Å²) in [5, 5.41) is 11.2. The van der Waals surface area contributed by atoms with Gasteiger partial charge in [0.15, 0.2) is 0 Å². The van der Waals surface area contributed by atoms with Gasteiger partial charge in [0.2, 0.25) is 17.7 Å². The molecule has 1 saturated heterocycles. The molecule has 1 fully saturated rings. The van der Waals surface area contributed by atoms with Crippen molar-refractivity contribution in [2.45, 2.75) is 57.0 Å². The number of carbonyl (C=O) groups is 4. The van der Waals surface area contributed by atoms with Crippen LogP contribution in [0.5, 0.6) is 5.75 Å². The predicted molar refractivity (Wildman–Crippen MR) is 153 cm³/mol. The second kappa shape index (κ2) is 14.3. The van der Waals surface area contributed by atoms with E-state index >= 15 is 0 Å². The topological polar surface area (TPSA) is 135 Å². The van der Waals surface area contributed by atoms with Crippen molar-refractivity contribution in [2.24, 2.45) is 5.92 Å². The molecule has 0 unspecified atom stereocenters. The van der Waals surface area contributed by atoms with Gasteiger partial charge >= 0.3 is 0 Å². The highest BCUT2D eigenvalue weighted by atomic mass is 19.1. The van der Waals surface area contributed by atoms with E-state index in [2.05, 4.69) is 21.3 Å². The molecule has 42 heavy (non-hydrogen) atoms. The first kappa shape index (κ1) is 31.0. The van der Waals surface area contributed by atoms with E-state index in [1.165, 1.54) is 12.1 Å². The Hall–Kier alpha value is -3.99. The Morgan fingerprint density at radius 2 is 1.81 bits per heavy atom. The summed E-state index contributed by atoms with van der Waals surface area (Å²) in [5.41, 5.74) is 0.447. The molecule has 0 radical (unpaired) electrons. The number of halogens is 1. The maximum atomic E-state index is 14.1. The van der Waals surface area contributed by atoms with Gasteiger partial charge < -0.3 is 30.7 Å². The van der Waals surface area contributed by atoms with E-state index in [1.807, 2.05) is 19.9 Å². The van der Waals surface area contributed by atoms with Crippen LogP contribution in [0.15, 0.2) is 48.5 Å². The Bertz CT molecular complexity index is 1280. The second-order valence-corrected chi connectivity index (χ2v) is 11.2. The van der Waals surface area contributed by atoms with Gasteiger partial charge in [-0.15, -0.1) is 0 Å². The highest BCUT2D eigenvalue weighted by Crippen LogP contribution is 2.34. The van der Waals surface area contributed by atoms with E-state index in [9.17, 15) is 23.6 Å². The van der Waals surface area contributed by atoms with Crippen LogP contribution in [0.4, 0.5) is 4.39 Å². The Balaban J connectivity index is 1.55. The van der Waals surface area contributed by atoms with Crippen molar-refractivity contribution < 1.29 is 33.0 Å². The van der Waals surface area contributed by atoms with Crippen molar-refractivity contribution in [1.82, 2.24) is 21.3 Å². The number of hydrogen-bond acceptors (Lipinski definition) is 6. The number of ether oxygens (including phenoxy) is 2. The Morgan fingerprint density at radius 3 is 2.55 bits per heavy atom. The largest absolute Gasteiger partial charge is 0.491 e. The number of rotatable bonds is 5. The molecule has 2 atom stereocenters. The number of amides is 4. The van der Waals surface area contributed by atoms with Crippen LogP contribution >= 0.6 is 0 Å². The maximum Gasteiger partial charge on any atom is 0.255 e. The molecule has 0 aromatic heterocycles. The van der Waals surface area contributed by atoms with E-state index in [1.54, 1.807) is 30.3 Å². The van der Waals surface area contributed by atoms with E-state index in [0.29, 0.717) is 31.8 Å². The molecule has 11 heteroatoms. The Labute approximate surface area is 245 Å². The van der Waals surface area contributed by atoms with E-state index in [4.69, 9.17) is 9.47 Å². The normalized spacial score (nSPS) is 21.9. The summed E-state index contributed by atoms with van der Waals surface area (Å²) < 4.78 is 25.6. The molecule has 0 saturated carbocycles. The molecule has 226 valence electrons. The first-order valence-electron chi connectivity index (χ1n) is 14.4. The van der Waals surface area contributed by atoms with Crippen LogP contribution < -0.4 is 26.0 Å². The van der Waals surface area contributed by atoms with Gasteiger partial charge in [0.25, 0.3) is 5.91 Å². The lowest BCUT2D eigenvalue weighted by molar-refractivity contribution is -0.127. The van der Waals surface area contributed by atoms with Crippen LogP contribution in [0.25, 0.3) is 0 Å². The number of nitrogens with one attached hydrogen (secondary N) is 4. The molecular weight excluding hydrogens is 543 g/mol. The zero-order chi connectivity index (χ0) is 30.1. The minimum absolute atomic E-state index is 0.00124. The highest BCUT2D eigenvalue weighted by molar-refractivity contribution is 5.99. The molecule has 0 aliphatic carbocycles. The van der Waals surface area contributed by atoms with Crippen LogP contribution in [0.1, 0.15) is 55.5 Å². The minimum Gasteiger partial charge on any atom is -0.491 e. The van der Waals surface area contributed by atoms with Gasteiger partial charge in [-0.25, -0.2) is 4.39 Å². The summed E-state index contributed by atoms with van der Waals surface area (Å²) in [5.74, 6) is -1.82. The fraction of sp³-hybridized carbons (Fsp3) is 0.484. The molecule has 2 aromatic rings. The monoisotopic (exact) mass is 582 g/mol. The molecule has 0 spiro atoms. The van der Waals surface area contributed by atoms with Gasteiger partial charge in [-0.05, 0) is 55.0 Å². The predicted octanol–water partition coefficient (Wildman–Crippen LogP) is 2.22. The summed E-state index contributed by atoms with van der Waals surface area (Å²) in [6.07, 6.45) is 1.07. The summed E-state index contributed by atoms with van der Waals surface area (Å²) in [7, 11) is 0. The van der Waals surface area contributed by atoms with Crippen LogP contribution in [0.3, 0.4) is 0 Å². The number of para-hydroxylation sites is 1. The number of hydrogen-bond donors (Lipinski definition) is 4. The summed E-state index contributed by atoms with van der Waals surface area (Å²) >= 11 is 0. The van der Waals surface area contributed by atoms with Crippen molar-refractivity contribution in [2.75, 3.05) is 32.9 Å². The van der Waals surface area contributed by atoms with Gasteiger partial charge in [-0.1, -0.05) is 38.1 Å². The SMILES string of the molecule is CC(C)[C@H]1COc2ccccc2C(=O)N[C@H](C(=O)NCC2(c3cccc(F)c3)CCOCC2)CCC(=O)NCC(=O)N1. The number of carbonyl (C=O) groups excluding carboxylic acids is 4. The zero-order valence-electron chi connectivity index (χ0n) is 24.0. The van der Waals surface area contributed by atoms with Gasteiger partial charge in [0.05, 0.1) is 18.2 Å². The first-order valence-corrected chi connectivity index (χ1v) is 14.4. The molecule has 2 heterocycles. The molecule has 2 aliphatic heterocycles. The maximum absolute atomic E-state index is 14.1. The fourth-order valence-electron chi connectivity index (χ4n) is 5.19. The first-order chi connectivity index (χ1) is 20.2. The van der Waals surface area contributed by atoms with Crippen molar-refractivity contribution in [3.8, 4) is 5.75 Å². The van der Waals surface area contributed by atoms with Crippen molar-refractivity contribution >= 4 is 23.6 Å². The smallest absolute Gasteiger partial charge is 0.255 e. The Morgan fingerprint density at radius 1 is 1.05 bits per heavy atom. The van der Waals surface area contributed by atoms with Gasteiger partial charge in [0, 0.05) is 31.6 Å². The molecular formula is C31H39FN4O6. The van der Waals surface area contributed by atoms with Crippen molar-refractivity contribution in [1.29, 1.82) is 0 Å². The molecule has 10 nitrogen and oxygen atoms in total. The zero-order valence-corrected chi connectivity index (χ0v) is 24.0. The third-order valence-electron chi connectivity index (χ3n) is 7.92. The average Bonchev–Trinajstić information content (AvgIpc) is 2.99. The number of fused-ring (bicyclic) bond motifs is 1. The van der Waals surface area contributed by atoms with Crippen LogP contribution in [-0.4, -0.2) is 68.6 Å². The summed E-state index contributed by atoms with van der Waals surface area (Å²) in [6, 6.07) is 11.6. The molecule has 4 N–H and O–H groups in total. The molecule has 2 aliphatic rings. The summed E-state index contributed by atoms with van der Waals surface area (Å²) in [6.45, 7) is 4.89. The number of benzene rings is 2. The molecule has 4 rings (SSSR count). The minimum atomic E-state index is -1.05. The average molecular weight is 583 g/mol. The molecule has 2 aromatic carbocycles. The standard InChI is InChI=1S/C31H39FN4O6/c1-20(2)25-18-42-26-9-4-3-8-23(26)29(39)36-24(10-11-27(37)33-17-28(38)35-25)30(40)34-19-31(12-14-41-15-13-31)21-6-5-7-22(32)16-21/h3-9,16,20,24-25H,10-15,17-19H2,1-2H3,(H,33,37)(H,34,40)(H,35,38)(H,36,39)/t24-,25+/m0/s1. The third kappa shape index (κ3) is 8.06. The van der Waals surface area contributed by atoms with E-state index in [-0.39, 0.29) is 61.8 Å². The lowest BCUT2D eigenvalue weighted by Crippen LogP contribution is -2.51. The van der Waals surface area contributed by atoms with Crippen LogP contribution in [0.2, 0.25) is 0 Å². The van der Waals surface area contributed by atoms with Crippen LogP contribution in [-0.2, 0) is 24.5 Å². The van der Waals surface area contributed by atoms with Crippen molar-refractivity contribution in [3.05, 3.63) is 65.5 Å². The van der Waals surface area contributed by atoms with E-state index < -0.39 is 29.2 Å². The van der Waals surface area contributed by atoms with Crippen molar-refractivity contribution in [3.63, 3.8) is 0 Å². The van der Waals surface area contributed by atoms with Gasteiger partial charge in [0.1, 0.15) is 24.2 Å². The highest BCUT2D eigenvalue weighted by Gasteiger charge is 2.36. The lowest BCUT2D eigenvalue weighted by Gasteiger charge is -2.38. The lowest BCUT2D eigenvalue weighted by atomic mass is 9.74. The third-order valence-corrected chi connectivity index (χ3v) is 7.92. The fourth-order valence-corrected chi connectivity index (χ4v) is 5.19.